The van der Waals surface area contributed by atoms with Gasteiger partial charge in [-0.25, -0.2) is 14.4 Å². The van der Waals surface area contributed by atoms with E-state index in [-0.39, 0.29) is 39.9 Å². The summed E-state index contributed by atoms with van der Waals surface area (Å²) in [7, 11) is 0. The lowest BCUT2D eigenvalue weighted by Gasteiger charge is -2.18. The molecule has 0 saturated carbocycles. The van der Waals surface area contributed by atoms with Crippen LogP contribution >= 0.6 is 11.6 Å². The number of pyridine rings is 1. The summed E-state index contributed by atoms with van der Waals surface area (Å²) in [5, 5.41) is 4.73. The Morgan fingerprint density at radius 1 is 1.15 bits per heavy atom. The van der Waals surface area contributed by atoms with Gasteiger partial charge in [-0.15, -0.1) is 0 Å². The number of aromatic amines is 1. The molecular formula is C27H24ClF4N7O2. The smallest absolute Gasteiger partial charge is 0.354 e. The molecule has 9 nitrogen and oxygen atoms in total. The van der Waals surface area contributed by atoms with Crippen LogP contribution in [0.25, 0.3) is 22.6 Å². The van der Waals surface area contributed by atoms with Gasteiger partial charge in [0, 0.05) is 25.0 Å². The number of benzene rings is 1. The van der Waals surface area contributed by atoms with Gasteiger partial charge in [-0.3, -0.25) is 9.59 Å². The molecule has 0 fully saturated rings. The number of aromatic nitrogens is 4. The second-order valence-electron chi connectivity index (χ2n) is 9.25. The summed E-state index contributed by atoms with van der Waals surface area (Å²) in [5.41, 5.74) is -2.21. The van der Waals surface area contributed by atoms with Crippen molar-refractivity contribution in [1.82, 2.24) is 24.4 Å². The second kappa shape index (κ2) is 11.0. The van der Waals surface area contributed by atoms with Crippen LogP contribution in [-0.2, 0) is 17.5 Å². The minimum absolute atomic E-state index is 0.0180. The number of fused-ring (bicyclic) bond motifs is 2. The number of anilines is 3. The van der Waals surface area contributed by atoms with Gasteiger partial charge in [-0.2, -0.15) is 13.2 Å². The van der Waals surface area contributed by atoms with Crippen LogP contribution in [-0.4, -0.2) is 50.0 Å². The van der Waals surface area contributed by atoms with E-state index in [2.05, 4.69) is 30.5 Å². The van der Waals surface area contributed by atoms with Gasteiger partial charge in [0.1, 0.15) is 23.8 Å². The number of nitrogens with one attached hydrogen (secondary N) is 3. The molecule has 1 amide bonds. The molecule has 5 rings (SSSR count). The number of carbonyl (C=O) groups excluding carboxylic acids is 1. The predicted octanol–water partition coefficient (Wildman–Crippen LogP) is 5.51. The van der Waals surface area contributed by atoms with Crippen molar-refractivity contribution in [2.24, 2.45) is 0 Å². The highest BCUT2D eigenvalue weighted by atomic mass is 35.5. The Balaban J connectivity index is 1.62. The highest BCUT2D eigenvalue weighted by Crippen LogP contribution is 2.41. The molecule has 3 N–H and O–H groups in total. The fraction of sp³-hybridized carbons (Fsp3) is 0.259. The number of carbonyl (C=O) groups is 1. The fourth-order valence-corrected chi connectivity index (χ4v) is 4.92. The molecule has 3 aromatic heterocycles. The SMILES string of the molecule is CCN(CC)CCn1ccc2[nH]c(C=C3C(=O)Nc4ncnc(Nc5ccc(F)c(Cl)c5)c43)c(C(F)(F)F)c2c1=O. The van der Waals surface area contributed by atoms with Crippen molar-refractivity contribution in [1.29, 1.82) is 0 Å². The minimum Gasteiger partial charge on any atom is -0.354 e. The number of rotatable bonds is 8. The van der Waals surface area contributed by atoms with E-state index in [9.17, 15) is 27.2 Å². The van der Waals surface area contributed by atoms with Crippen LogP contribution in [0.5, 0.6) is 0 Å². The predicted molar refractivity (Wildman–Crippen MR) is 149 cm³/mol. The topological polar surface area (TPSA) is 108 Å². The van der Waals surface area contributed by atoms with Crippen LogP contribution in [0, 0.1) is 5.82 Å². The van der Waals surface area contributed by atoms with Gasteiger partial charge in [0.25, 0.3) is 11.5 Å². The average molecular weight is 590 g/mol. The zero-order valence-electron chi connectivity index (χ0n) is 21.9. The van der Waals surface area contributed by atoms with Crippen LogP contribution in [0.15, 0.2) is 41.6 Å². The molecule has 214 valence electrons. The summed E-state index contributed by atoms with van der Waals surface area (Å²) >= 11 is 5.86. The van der Waals surface area contributed by atoms with E-state index in [1.807, 2.05) is 13.8 Å². The van der Waals surface area contributed by atoms with Gasteiger partial charge in [0.2, 0.25) is 0 Å². The zero-order chi connectivity index (χ0) is 29.5. The number of amides is 1. The first-order chi connectivity index (χ1) is 19.5. The maximum Gasteiger partial charge on any atom is 0.419 e. The summed E-state index contributed by atoms with van der Waals surface area (Å²) in [6.07, 6.45) is -1.29. The normalized spacial score (nSPS) is 14.2. The summed E-state index contributed by atoms with van der Waals surface area (Å²) in [6, 6.07) is 5.21. The van der Waals surface area contributed by atoms with Gasteiger partial charge in [0.05, 0.1) is 38.3 Å². The summed E-state index contributed by atoms with van der Waals surface area (Å²) < 4.78 is 58.3. The van der Waals surface area contributed by atoms with E-state index in [0.717, 1.165) is 31.6 Å². The van der Waals surface area contributed by atoms with Gasteiger partial charge < -0.3 is 25.1 Å². The quantitative estimate of drug-likeness (QED) is 0.185. The van der Waals surface area contributed by atoms with Gasteiger partial charge in [0.15, 0.2) is 0 Å². The molecule has 0 spiro atoms. The number of halogens is 5. The van der Waals surface area contributed by atoms with Crippen molar-refractivity contribution in [3.05, 3.63) is 74.8 Å². The summed E-state index contributed by atoms with van der Waals surface area (Å²) in [6.45, 7) is 6.10. The van der Waals surface area contributed by atoms with Crippen molar-refractivity contribution in [2.45, 2.75) is 26.6 Å². The highest BCUT2D eigenvalue weighted by Gasteiger charge is 2.39. The number of hydrogen-bond acceptors (Lipinski definition) is 6. The molecule has 0 unspecified atom stereocenters. The number of likely N-dealkylation sites (N-methyl/N-ethyl adjacent to an activating group) is 1. The number of nitrogens with zero attached hydrogens (tertiary/aromatic N) is 4. The molecule has 0 bridgehead atoms. The van der Waals surface area contributed by atoms with E-state index < -0.39 is 40.1 Å². The maximum atomic E-state index is 14.5. The molecule has 1 aromatic carbocycles. The molecule has 4 heterocycles. The zero-order valence-corrected chi connectivity index (χ0v) is 22.6. The Kier molecular flexibility index (Phi) is 7.58. The Labute approximate surface area is 235 Å². The lowest BCUT2D eigenvalue weighted by molar-refractivity contribution is -0.136. The van der Waals surface area contributed by atoms with E-state index in [1.54, 1.807) is 0 Å². The Bertz CT molecular complexity index is 1740. The second-order valence-corrected chi connectivity index (χ2v) is 9.66. The van der Waals surface area contributed by atoms with Crippen LogP contribution in [0.2, 0.25) is 5.02 Å². The van der Waals surface area contributed by atoms with Crippen LogP contribution < -0.4 is 16.2 Å². The first-order valence-electron chi connectivity index (χ1n) is 12.7. The van der Waals surface area contributed by atoms with E-state index in [1.165, 1.54) is 29.0 Å². The third kappa shape index (κ3) is 5.42. The molecule has 0 atom stereocenters. The largest absolute Gasteiger partial charge is 0.419 e. The maximum absolute atomic E-state index is 14.5. The van der Waals surface area contributed by atoms with Crippen molar-refractivity contribution in [3.63, 3.8) is 0 Å². The minimum atomic E-state index is -4.92. The molecular weight excluding hydrogens is 566 g/mol. The molecule has 1 aliphatic heterocycles. The lowest BCUT2D eigenvalue weighted by Crippen LogP contribution is -2.31. The molecule has 1 aliphatic rings. The molecule has 0 saturated heterocycles. The number of hydrogen-bond donors (Lipinski definition) is 3. The van der Waals surface area contributed by atoms with E-state index in [4.69, 9.17) is 11.6 Å². The molecule has 41 heavy (non-hydrogen) atoms. The van der Waals surface area contributed by atoms with Crippen molar-refractivity contribution >= 4 is 57.4 Å². The first kappa shape index (κ1) is 28.3. The van der Waals surface area contributed by atoms with Gasteiger partial charge in [-0.05, 0) is 43.4 Å². The Hall–Kier alpha value is -4.23. The average Bonchev–Trinajstić information content (AvgIpc) is 3.46. The van der Waals surface area contributed by atoms with Crippen LogP contribution in [0.3, 0.4) is 0 Å². The van der Waals surface area contributed by atoms with Crippen LogP contribution in [0.1, 0.15) is 30.7 Å². The molecule has 4 aromatic rings. The summed E-state index contributed by atoms with van der Waals surface area (Å²) in [5.74, 6) is -1.22. The molecule has 0 radical (unpaired) electrons. The Morgan fingerprint density at radius 3 is 2.59 bits per heavy atom. The number of H-pyrrole nitrogens is 1. The highest BCUT2D eigenvalue weighted by molar-refractivity contribution is 6.35. The van der Waals surface area contributed by atoms with E-state index >= 15 is 0 Å². The monoisotopic (exact) mass is 589 g/mol. The van der Waals surface area contributed by atoms with Crippen molar-refractivity contribution < 1.29 is 22.4 Å². The summed E-state index contributed by atoms with van der Waals surface area (Å²) in [4.78, 5) is 39.1. The Morgan fingerprint density at radius 2 is 1.90 bits per heavy atom. The van der Waals surface area contributed by atoms with Gasteiger partial charge in [-0.1, -0.05) is 25.4 Å². The van der Waals surface area contributed by atoms with Crippen molar-refractivity contribution in [3.8, 4) is 0 Å². The van der Waals surface area contributed by atoms with Crippen molar-refractivity contribution in [2.75, 3.05) is 30.3 Å². The number of alkyl halides is 3. The first-order valence-corrected chi connectivity index (χ1v) is 13.0. The van der Waals surface area contributed by atoms with E-state index in [0.29, 0.717) is 12.2 Å². The molecule has 14 heteroatoms. The third-order valence-corrected chi connectivity index (χ3v) is 7.14. The third-order valence-electron chi connectivity index (χ3n) is 6.85. The van der Waals surface area contributed by atoms with Gasteiger partial charge >= 0.3 is 6.18 Å². The molecule has 0 aliphatic carbocycles. The van der Waals surface area contributed by atoms with Crippen LogP contribution in [0.4, 0.5) is 34.9 Å². The standard InChI is InChI=1S/C27H24ClF4N7O2/c1-3-38(4-2)9-10-39-8-7-18-21(26(39)41)22(27(30,31)32)19(36-18)12-15-20-23(33-13-34-24(20)37-25(15)40)35-14-5-6-17(29)16(28)11-14/h5-8,11-13,36H,3-4,9-10H2,1-2H3,(H2,33,34,35,37,40). The fourth-order valence-electron chi connectivity index (χ4n) is 4.74. The lowest BCUT2D eigenvalue weighted by atomic mass is 10.1.